The van der Waals surface area contributed by atoms with E-state index in [1.54, 1.807) is 0 Å². The van der Waals surface area contributed by atoms with E-state index in [2.05, 4.69) is 6.92 Å². The summed E-state index contributed by atoms with van der Waals surface area (Å²) in [6.45, 7) is 2.58. The Labute approximate surface area is 127 Å². The molecule has 1 N–H and O–H groups in total. The lowest BCUT2D eigenvalue weighted by atomic mass is 9.49. The normalized spacial score (nSPS) is 36.0. The molecule has 1 aromatic rings. The van der Waals surface area contributed by atoms with Gasteiger partial charge in [-0.25, -0.2) is 0 Å². The standard InChI is InChI=1S/C19H26O2/c1-18-10-5-6-11-19(18,14-20)13-16(9-12-18)17(21)15-7-3-2-4-8-15/h2-4,7-8,16,20H,5-6,9-14H2,1H3/t16-,18-,19+/m0/s1. The van der Waals surface area contributed by atoms with E-state index in [0.29, 0.717) is 0 Å². The van der Waals surface area contributed by atoms with Crippen LogP contribution >= 0.6 is 0 Å². The fourth-order valence-corrected chi connectivity index (χ4v) is 4.75. The molecule has 0 heterocycles. The number of ketones is 1. The second kappa shape index (κ2) is 5.57. The first-order valence-corrected chi connectivity index (χ1v) is 8.30. The lowest BCUT2D eigenvalue weighted by molar-refractivity contribution is -0.0900. The second-order valence-corrected chi connectivity index (χ2v) is 7.38. The van der Waals surface area contributed by atoms with Crippen molar-refractivity contribution in [2.75, 3.05) is 6.61 Å². The zero-order valence-corrected chi connectivity index (χ0v) is 13.0. The zero-order chi connectivity index (χ0) is 14.9. The lowest BCUT2D eigenvalue weighted by Gasteiger charge is -2.56. The van der Waals surface area contributed by atoms with Crippen LogP contribution in [0.5, 0.6) is 0 Å². The van der Waals surface area contributed by atoms with Crippen molar-refractivity contribution >= 4 is 5.78 Å². The molecule has 0 radical (unpaired) electrons. The molecule has 0 aromatic heterocycles. The van der Waals surface area contributed by atoms with Crippen LogP contribution in [0.3, 0.4) is 0 Å². The van der Waals surface area contributed by atoms with Gasteiger partial charge in [-0.2, -0.15) is 0 Å². The SMILES string of the molecule is C[C@@]12CCCC[C@]1(CO)C[C@@H](C(=O)c1ccccc1)CC2. The van der Waals surface area contributed by atoms with Gasteiger partial charge in [0.05, 0.1) is 0 Å². The van der Waals surface area contributed by atoms with Gasteiger partial charge in [-0.3, -0.25) is 4.79 Å². The number of hydrogen-bond donors (Lipinski definition) is 1. The van der Waals surface area contributed by atoms with Crippen molar-refractivity contribution in [1.29, 1.82) is 0 Å². The average molecular weight is 286 g/mol. The van der Waals surface area contributed by atoms with Gasteiger partial charge in [0.25, 0.3) is 0 Å². The Balaban J connectivity index is 1.83. The summed E-state index contributed by atoms with van der Waals surface area (Å²) >= 11 is 0. The van der Waals surface area contributed by atoms with Crippen LogP contribution in [0, 0.1) is 16.7 Å². The summed E-state index contributed by atoms with van der Waals surface area (Å²) in [5.74, 6) is 0.363. The van der Waals surface area contributed by atoms with E-state index in [4.69, 9.17) is 0 Å². The van der Waals surface area contributed by atoms with Crippen LogP contribution in [0.1, 0.15) is 62.2 Å². The largest absolute Gasteiger partial charge is 0.396 e. The fourth-order valence-electron chi connectivity index (χ4n) is 4.75. The number of hydrogen-bond acceptors (Lipinski definition) is 2. The minimum Gasteiger partial charge on any atom is -0.396 e. The summed E-state index contributed by atoms with van der Waals surface area (Å²) in [7, 11) is 0. The number of benzene rings is 1. The summed E-state index contributed by atoms with van der Waals surface area (Å²) in [5.41, 5.74) is 1.03. The van der Waals surface area contributed by atoms with Crippen LogP contribution in [0.2, 0.25) is 0 Å². The molecule has 0 aliphatic heterocycles. The molecule has 2 saturated carbocycles. The molecule has 1 aromatic carbocycles. The Hall–Kier alpha value is -1.15. The Kier molecular flexibility index (Phi) is 3.92. The number of fused-ring (bicyclic) bond motifs is 1. The van der Waals surface area contributed by atoms with Crippen molar-refractivity contribution < 1.29 is 9.90 Å². The summed E-state index contributed by atoms with van der Waals surface area (Å²) in [4.78, 5) is 12.8. The maximum atomic E-state index is 12.8. The average Bonchev–Trinajstić information content (AvgIpc) is 2.54. The van der Waals surface area contributed by atoms with Gasteiger partial charge < -0.3 is 5.11 Å². The highest BCUT2D eigenvalue weighted by atomic mass is 16.3. The van der Waals surface area contributed by atoms with E-state index in [1.807, 2.05) is 30.3 Å². The number of rotatable bonds is 3. The van der Waals surface area contributed by atoms with Crippen LogP contribution in [0.15, 0.2) is 30.3 Å². The Bertz CT molecular complexity index is 510. The Morgan fingerprint density at radius 3 is 2.62 bits per heavy atom. The van der Waals surface area contributed by atoms with Gasteiger partial charge in [-0.05, 0) is 42.9 Å². The lowest BCUT2D eigenvalue weighted by Crippen LogP contribution is -2.50. The first kappa shape index (κ1) is 14.8. The van der Waals surface area contributed by atoms with Crippen LogP contribution in [0.25, 0.3) is 0 Å². The minimum absolute atomic E-state index is 0.0292. The third-order valence-electron chi connectivity index (χ3n) is 6.33. The van der Waals surface area contributed by atoms with E-state index in [1.165, 1.54) is 19.3 Å². The van der Waals surface area contributed by atoms with Crippen LogP contribution in [-0.2, 0) is 0 Å². The molecule has 2 heteroatoms. The number of aliphatic hydroxyl groups excluding tert-OH is 1. The van der Waals surface area contributed by atoms with E-state index in [0.717, 1.165) is 31.2 Å². The second-order valence-electron chi connectivity index (χ2n) is 7.38. The maximum Gasteiger partial charge on any atom is 0.165 e. The number of aliphatic hydroxyl groups is 1. The van der Waals surface area contributed by atoms with Gasteiger partial charge in [0.2, 0.25) is 0 Å². The van der Waals surface area contributed by atoms with Gasteiger partial charge in [0, 0.05) is 18.1 Å². The predicted octanol–water partition coefficient (Wildman–Crippen LogP) is 4.23. The molecule has 0 bridgehead atoms. The first-order valence-electron chi connectivity index (χ1n) is 8.30. The molecule has 0 spiro atoms. The third-order valence-corrected chi connectivity index (χ3v) is 6.33. The molecule has 21 heavy (non-hydrogen) atoms. The van der Waals surface area contributed by atoms with Crippen LogP contribution in [0.4, 0.5) is 0 Å². The molecule has 3 rings (SSSR count). The first-order chi connectivity index (χ1) is 10.1. The highest BCUT2D eigenvalue weighted by Crippen LogP contribution is 2.60. The van der Waals surface area contributed by atoms with Crippen molar-refractivity contribution in [3.63, 3.8) is 0 Å². The van der Waals surface area contributed by atoms with Crippen molar-refractivity contribution in [2.45, 2.75) is 51.9 Å². The molecule has 3 atom stereocenters. The number of carbonyl (C=O) groups is 1. The van der Waals surface area contributed by atoms with Gasteiger partial charge in [-0.15, -0.1) is 0 Å². The summed E-state index contributed by atoms with van der Waals surface area (Å²) in [6, 6.07) is 9.65. The maximum absolute atomic E-state index is 12.8. The predicted molar refractivity (Wildman–Crippen MR) is 84.2 cm³/mol. The minimum atomic E-state index is -0.0292. The summed E-state index contributed by atoms with van der Waals surface area (Å²) in [5, 5.41) is 10.1. The molecule has 114 valence electrons. The smallest absolute Gasteiger partial charge is 0.165 e. The quantitative estimate of drug-likeness (QED) is 0.844. The molecule has 2 aliphatic carbocycles. The highest BCUT2D eigenvalue weighted by Gasteiger charge is 2.53. The Morgan fingerprint density at radius 2 is 1.90 bits per heavy atom. The highest BCUT2D eigenvalue weighted by molar-refractivity contribution is 5.97. The molecule has 2 nitrogen and oxygen atoms in total. The zero-order valence-electron chi connectivity index (χ0n) is 13.0. The van der Waals surface area contributed by atoms with Crippen molar-refractivity contribution in [1.82, 2.24) is 0 Å². The molecule has 2 fully saturated rings. The van der Waals surface area contributed by atoms with Crippen molar-refractivity contribution in [2.24, 2.45) is 16.7 Å². The van der Waals surface area contributed by atoms with Gasteiger partial charge in [-0.1, -0.05) is 50.1 Å². The monoisotopic (exact) mass is 286 g/mol. The van der Waals surface area contributed by atoms with Crippen molar-refractivity contribution in [3.05, 3.63) is 35.9 Å². The molecular formula is C19H26O2. The van der Waals surface area contributed by atoms with Crippen molar-refractivity contribution in [3.8, 4) is 0 Å². The van der Waals surface area contributed by atoms with Crippen LogP contribution in [-0.4, -0.2) is 17.5 Å². The van der Waals surface area contributed by atoms with Gasteiger partial charge >= 0.3 is 0 Å². The number of carbonyl (C=O) groups excluding carboxylic acids is 1. The molecule has 2 aliphatic rings. The Morgan fingerprint density at radius 1 is 1.19 bits per heavy atom. The molecule has 0 amide bonds. The third kappa shape index (κ3) is 2.44. The van der Waals surface area contributed by atoms with Gasteiger partial charge in [0.1, 0.15) is 0 Å². The van der Waals surface area contributed by atoms with E-state index in [-0.39, 0.29) is 29.1 Å². The summed E-state index contributed by atoms with van der Waals surface area (Å²) < 4.78 is 0. The molecule has 0 unspecified atom stereocenters. The van der Waals surface area contributed by atoms with E-state index in [9.17, 15) is 9.90 Å². The summed E-state index contributed by atoms with van der Waals surface area (Å²) in [6.07, 6.45) is 7.69. The molecular weight excluding hydrogens is 260 g/mol. The molecule has 0 saturated heterocycles. The van der Waals surface area contributed by atoms with Crippen LogP contribution < -0.4 is 0 Å². The van der Waals surface area contributed by atoms with E-state index >= 15 is 0 Å². The topological polar surface area (TPSA) is 37.3 Å². The number of Topliss-reactive ketones (excluding diaryl/α,β-unsaturated/α-hetero) is 1. The van der Waals surface area contributed by atoms with E-state index < -0.39 is 0 Å². The fraction of sp³-hybridized carbons (Fsp3) is 0.632. The van der Waals surface area contributed by atoms with Gasteiger partial charge in [0.15, 0.2) is 5.78 Å².